The average molecular weight is 292 g/mol. The van der Waals surface area contributed by atoms with E-state index < -0.39 is 13.0 Å². The molecule has 0 fully saturated rings. The van der Waals surface area contributed by atoms with Crippen LogP contribution in [0.4, 0.5) is 8.78 Å². The first-order chi connectivity index (χ1) is 9.02. The summed E-state index contributed by atoms with van der Waals surface area (Å²) < 4.78 is 28.7. The molecule has 3 nitrogen and oxygen atoms in total. The van der Waals surface area contributed by atoms with Gasteiger partial charge in [-0.3, -0.25) is 0 Å². The molecule has 0 aromatic carbocycles. The van der Waals surface area contributed by atoms with Crippen LogP contribution in [-0.4, -0.2) is 31.7 Å². The van der Waals surface area contributed by atoms with Crippen molar-refractivity contribution in [1.29, 1.82) is 0 Å². The summed E-state index contributed by atoms with van der Waals surface area (Å²) in [6, 6.07) is 0. The van der Waals surface area contributed by atoms with Gasteiger partial charge >= 0.3 is 0 Å². The van der Waals surface area contributed by atoms with Gasteiger partial charge in [-0.05, 0) is 19.4 Å². The van der Waals surface area contributed by atoms with Gasteiger partial charge in [-0.2, -0.15) is 0 Å². The molecule has 1 aromatic rings. The number of ether oxygens (including phenoxy) is 1. The van der Waals surface area contributed by atoms with Crippen LogP contribution >= 0.6 is 11.3 Å². The van der Waals surface area contributed by atoms with Crippen molar-refractivity contribution >= 4 is 11.3 Å². The van der Waals surface area contributed by atoms with Crippen LogP contribution in [0.1, 0.15) is 29.4 Å². The third-order valence-electron chi connectivity index (χ3n) is 2.47. The quantitative estimate of drug-likeness (QED) is 0.711. The van der Waals surface area contributed by atoms with Gasteiger partial charge in [0, 0.05) is 17.8 Å². The van der Waals surface area contributed by atoms with Crippen LogP contribution in [-0.2, 0) is 24.1 Å². The van der Waals surface area contributed by atoms with Crippen molar-refractivity contribution in [3.8, 4) is 0 Å². The Bertz CT molecular complexity index is 370. The molecule has 0 radical (unpaired) electrons. The highest BCUT2D eigenvalue weighted by Crippen LogP contribution is 2.21. The molecule has 0 atom stereocenters. The van der Waals surface area contributed by atoms with E-state index in [0.29, 0.717) is 18.9 Å². The number of hydrogen-bond donors (Lipinski definition) is 1. The third kappa shape index (κ3) is 6.40. The fourth-order valence-electron chi connectivity index (χ4n) is 1.72. The molecule has 1 heterocycles. The lowest BCUT2D eigenvalue weighted by atomic mass is 10.1. The van der Waals surface area contributed by atoms with Gasteiger partial charge in [0.1, 0.15) is 6.61 Å². The summed E-state index contributed by atoms with van der Waals surface area (Å²) in [4.78, 5) is 5.83. The molecule has 0 aliphatic heterocycles. The van der Waals surface area contributed by atoms with Crippen molar-refractivity contribution in [2.45, 2.75) is 39.7 Å². The second-order valence-electron chi connectivity index (χ2n) is 4.82. The van der Waals surface area contributed by atoms with Crippen LogP contribution in [0.15, 0.2) is 0 Å². The van der Waals surface area contributed by atoms with Gasteiger partial charge in [0.15, 0.2) is 0 Å². The molecule has 0 spiro atoms. The lowest BCUT2D eigenvalue weighted by Crippen LogP contribution is -2.07. The van der Waals surface area contributed by atoms with E-state index in [1.165, 1.54) is 4.88 Å². The molecule has 1 aromatic heterocycles. The number of nitrogens with one attached hydrogen (secondary N) is 1. The molecular weight excluding hydrogens is 270 g/mol. The van der Waals surface area contributed by atoms with E-state index in [1.807, 2.05) is 7.05 Å². The lowest BCUT2D eigenvalue weighted by Gasteiger charge is -2.03. The minimum Gasteiger partial charge on any atom is -0.375 e. The molecule has 0 aliphatic carbocycles. The Balaban J connectivity index is 2.53. The highest BCUT2D eigenvalue weighted by molar-refractivity contribution is 7.11. The SMILES string of the molecule is CNCc1sc(CCOCC(F)F)nc1CC(C)C. The van der Waals surface area contributed by atoms with E-state index in [4.69, 9.17) is 4.74 Å². The number of thiazole rings is 1. The number of alkyl halides is 2. The number of aromatic nitrogens is 1. The topological polar surface area (TPSA) is 34.1 Å². The molecule has 0 amide bonds. The standard InChI is InChI=1S/C13H22F2N2OS/c1-9(2)6-10-11(7-16-3)19-13(17-10)4-5-18-8-12(14)15/h9,12,16H,4-8H2,1-3H3. The summed E-state index contributed by atoms with van der Waals surface area (Å²) >= 11 is 1.64. The molecule has 1 rings (SSSR count). The fraction of sp³-hybridized carbons (Fsp3) is 0.769. The van der Waals surface area contributed by atoms with Crippen LogP contribution in [0.2, 0.25) is 0 Å². The van der Waals surface area contributed by atoms with E-state index in [1.54, 1.807) is 11.3 Å². The molecule has 0 saturated heterocycles. The van der Waals surface area contributed by atoms with Crippen molar-refractivity contribution in [2.24, 2.45) is 5.92 Å². The summed E-state index contributed by atoms with van der Waals surface area (Å²) in [5.74, 6) is 0.556. The zero-order valence-corrected chi connectivity index (χ0v) is 12.5. The minimum absolute atomic E-state index is 0.304. The van der Waals surface area contributed by atoms with Crippen molar-refractivity contribution in [2.75, 3.05) is 20.3 Å². The first-order valence-corrected chi connectivity index (χ1v) is 7.32. The molecule has 0 bridgehead atoms. The number of rotatable bonds is 9. The highest BCUT2D eigenvalue weighted by atomic mass is 32.1. The summed E-state index contributed by atoms with van der Waals surface area (Å²) in [6.45, 7) is 4.94. The van der Waals surface area contributed by atoms with Gasteiger partial charge in [0.2, 0.25) is 0 Å². The molecule has 19 heavy (non-hydrogen) atoms. The van der Waals surface area contributed by atoms with Crippen LogP contribution in [0.25, 0.3) is 0 Å². The summed E-state index contributed by atoms with van der Waals surface area (Å²) in [6.07, 6.45) is -0.843. The van der Waals surface area contributed by atoms with Crippen LogP contribution in [0.3, 0.4) is 0 Å². The van der Waals surface area contributed by atoms with Gasteiger partial charge < -0.3 is 10.1 Å². The molecule has 110 valence electrons. The fourth-order valence-corrected chi connectivity index (χ4v) is 2.81. The maximum Gasteiger partial charge on any atom is 0.261 e. The monoisotopic (exact) mass is 292 g/mol. The Kier molecular flexibility index (Phi) is 7.41. The smallest absolute Gasteiger partial charge is 0.261 e. The van der Waals surface area contributed by atoms with Crippen LogP contribution < -0.4 is 5.32 Å². The van der Waals surface area contributed by atoms with Crippen LogP contribution in [0, 0.1) is 5.92 Å². The Morgan fingerprint density at radius 2 is 2.11 bits per heavy atom. The summed E-state index contributed by atoms with van der Waals surface area (Å²) in [5.41, 5.74) is 1.12. The maximum atomic E-state index is 11.9. The molecule has 0 aliphatic rings. The Hall–Kier alpha value is -0.590. The molecule has 0 unspecified atom stereocenters. The number of halogens is 2. The van der Waals surface area contributed by atoms with Gasteiger partial charge in [0.25, 0.3) is 6.43 Å². The Morgan fingerprint density at radius 1 is 1.37 bits per heavy atom. The first kappa shape index (κ1) is 16.5. The predicted octanol–water partition coefficient (Wildman–Crippen LogP) is 2.89. The largest absolute Gasteiger partial charge is 0.375 e. The Morgan fingerprint density at radius 3 is 2.68 bits per heavy atom. The van der Waals surface area contributed by atoms with E-state index in [-0.39, 0.29) is 0 Å². The van der Waals surface area contributed by atoms with E-state index >= 15 is 0 Å². The minimum atomic E-state index is -2.40. The van der Waals surface area contributed by atoms with E-state index in [9.17, 15) is 8.78 Å². The average Bonchev–Trinajstić information content (AvgIpc) is 2.67. The van der Waals surface area contributed by atoms with Gasteiger partial charge in [-0.25, -0.2) is 13.8 Å². The van der Waals surface area contributed by atoms with Gasteiger partial charge in [0.05, 0.1) is 17.3 Å². The zero-order chi connectivity index (χ0) is 14.3. The second kappa shape index (κ2) is 8.55. The molecular formula is C13H22F2N2OS. The number of hydrogen-bond acceptors (Lipinski definition) is 4. The highest BCUT2D eigenvalue weighted by Gasteiger charge is 2.12. The summed E-state index contributed by atoms with van der Waals surface area (Å²) in [7, 11) is 1.91. The van der Waals surface area contributed by atoms with Crippen molar-refractivity contribution in [1.82, 2.24) is 10.3 Å². The van der Waals surface area contributed by atoms with Crippen LogP contribution in [0.5, 0.6) is 0 Å². The van der Waals surface area contributed by atoms with Gasteiger partial charge in [-0.15, -0.1) is 11.3 Å². The predicted molar refractivity (Wildman–Crippen MR) is 73.9 cm³/mol. The maximum absolute atomic E-state index is 11.9. The lowest BCUT2D eigenvalue weighted by molar-refractivity contribution is 0.0187. The van der Waals surface area contributed by atoms with Crippen molar-refractivity contribution < 1.29 is 13.5 Å². The molecule has 1 N–H and O–H groups in total. The Labute approximate surface area is 117 Å². The van der Waals surface area contributed by atoms with Crippen molar-refractivity contribution in [3.63, 3.8) is 0 Å². The molecule has 6 heteroatoms. The van der Waals surface area contributed by atoms with E-state index in [0.717, 1.165) is 23.7 Å². The van der Waals surface area contributed by atoms with Crippen molar-refractivity contribution in [3.05, 3.63) is 15.6 Å². The zero-order valence-electron chi connectivity index (χ0n) is 11.7. The van der Waals surface area contributed by atoms with E-state index in [2.05, 4.69) is 24.1 Å². The number of nitrogens with zero attached hydrogens (tertiary/aromatic N) is 1. The molecule has 0 saturated carbocycles. The summed E-state index contributed by atoms with van der Waals surface area (Å²) in [5, 5.41) is 4.10. The second-order valence-corrected chi connectivity index (χ2v) is 5.99. The third-order valence-corrected chi connectivity index (χ3v) is 3.62. The first-order valence-electron chi connectivity index (χ1n) is 6.50. The normalized spacial score (nSPS) is 11.7. The van der Waals surface area contributed by atoms with Gasteiger partial charge in [-0.1, -0.05) is 13.8 Å².